The number of rotatable bonds is 8. The Kier molecular flexibility index (Phi) is 9.44. The molecule has 1 aliphatic heterocycles. The van der Waals surface area contributed by atoms with Crippen LogP contribution in [0.2, 0.25) is 0 Å². The molecule has 1 atom stereocenters. The summed E-state index contributed by atoms with van der Waals surface area (Å²) in [6, 6.07) is 18.0. The summed E-state index contributed by atoms with van der Waals surface area (Å²) in [4.78, 5) is 58.2. The molecule has 2 fully saturated rings. The number of fused-ring (bicyclic) bond motifs is 1. The van der Waals surface area contributed by atoms with Crippen LogP contribution in [-0.2, 0) is 11.2 Å². The maximum absolute atomic E-state index is 14.2. The molecule has 2 aromatic heterocycles. The van der Waals surface area contributed by atoms with Crippen LogP contribution in [0.5, 0.6) is 0 Å². The second kappa shape index (κ2) is 13.8. The van der Waals surface area contributed by atoms with E-state index in [1.165, 1.54) is 10.6 Å². The summed E-state index contributed by atoms with van der Waals surface area (Å²) in [5.74, 6) is 0.575. The minimum Gasteiger partial charge on any atom is -0.352 e. The van der Waals surface area contributed by atoms with Crippen molar-refractivity contribution in [3.05, 3.63) is 111 Å². The number of benzene rings is 2. The van der Waals surface area contributed by atoms with Crippen molar-refractivity contribution in [2.75, 3.05) is 11.5 Å². The zero-order valence-corrected chi connectivity index (χ0v) is 25.7. The van der Waals surface area contributed by atoms with Gasteiger partial charge in [0, 0.05) is 30.1 Å². The molecule has 2 aromatic carbocycles. The Labute approximate surface area is 264 Å². The number of pyridine rings is 1. The van der Waals surface area contributed by atoms with E-state index < -0.39 is 23.1 Å². The SMILES string of the molecule is O=C(N[C@@H](Cc1ccccc1)C(=O)NC1CCC(n2c(=O)c3cc(F)cnc3n(C3CCSCC3)c2=O)CC1)c1ccccc1. The van der Waals surface area contributed by atoms with Crippen LogP contribution in [-0.4, -0.2) is 49.5 Å². The van der Waals surface area contributed by atoms with E-state index in [1.807, 2.05) is 48.2 Å². The second-order valence-corrected chi connectivity index (χ2v) is 13.0. The van der Waals surface area contributed by atoms with Crippen molar-refractivity contribution in [1.29, 1.82) is 0 Å². The number of carbonyl (C=O) groups excluding carboxylic acids is 2. The monoisotopic (exact) mass is 629 g/mol. The van der Waals surface area contributed by atoms with Crippen LogP contribution in [0, 0.1) is 5.82 Å². The minimum atomic E-state index is -0.788. The molecular weight excluding hydrogens is 593 g/mol. The molecule has 3 heterocycles. The van der Waals surface area contributed by atoms with Crippen LogP contribution in [0.15, 0.2) is 82.5 Å². The van der Waals surface area contributed by atoms with Crippen LogP contribution < -0.4 is 21.9 Å². The highest BCUT2D eigenvalue weighted by molar-refractivity contribution is 7.99. The van der Waals surface area contributed by atoms with E-state index >= 15 is 0 Å². The molecule has 1 aliphatic carbocycles. The van der Waals surface area contributed by atoms with Gasteiger partial charge in [0.05, 0.1) is 11.6 Å². The van der Waals surface area contributed by atoms with E-state index in [0.29, 0.717) is 37.7 Å². The smallest absolute Gasteiger partial charge is 0.333 e. The highest BCUT2D eigenvalue weighted by Crippen LogP contribution is 2.30. The van der Waals surface area contributed by atoms with Crippen molar-refractivity contribution in [1.82, 2.24) is 24.8 Å². The molecule has 11 heteroatoms. The molecule has 0 radical (unpaired) electrons. The number of carbonyl (C=O) groups is 2. The quantitative estimate of drug-likeness (QED) is 0.299. The van der Waals surface area contributed by atoms with E-state index in [-0.39, 0.29) is 41.0 Å². The lowest BCUT2D eigenvalue weighted by molar-refractivity contribution is -0.123. The summed E-state index contributed by atoms with van der Waals surface area (Å²) < 4.78 is 17.1. The number of aromatic nitrogens is 3. The first kappa shape index (κ1) is 30.8. The highest BCUT2D eigenvalue weighted by atomic mass is 32.2. The molecule has 1 saturated carbocycles. The van der Waals surface area contributed by atoms with Gasteiger partial charge in [0.1, 0.15) is 17.5 Å². The lowest BCUT2D eigenvalue weighted by atomic mass is 9.90. The maximum atomic E-state index is 14.2. The topological polar surface area (TPSA) is 115 Å². The Morgan fingerprint density at radius 1 is 0.889 bits per heavy atom. The van der Waals surface area contributed by atoms with Crippen LogP contribution in [0.3, 0.4) is 0 Å². The summed E-state index contributed by atoms with van der Waals surface area (Å²) in [5.41, 5.74) is 0.703. The Bertz CT molecular complexity index is 1780. The number of hydrogen-bond acceptors (Lipinski definition) is 6. The van der Waals surface area contributed by atoms with E-state index in [9.17, 15) is 23.6 Å². The lowest BCUT2D eigenvalue weighted by Crippen LogP contribution is -2.52. The molecular formula is C34H36FN5O4S. The van der Waals surface area contributed by atoms with Gasteiger partial charge in [-0.15, -0.1) is 0 Å². The van der Waals surface area contributed by atoms with Gasteiger partial charge in [-0.3, -0.25) is 23.5 Å². The zero-order valence-electron chi connectivity index (χ0n) is 24.9. The van der Waals surface area contributed by atoms with Crippen molar-refractivity contribution >= 4 is 34.6 Å². The normalized spacial score (nSPS) is 19.6. The number of nitrogens with one attached hydrogen (secondary N) is 2. The van der Waals surface area contributed by atoms with E-state index in [0.717, 1.165) is 36.1 Å². The largest absolute Gasteiger partial charge is 0.352 e. The molecule has 9 nitrogen and oxygen atoms in total. The predicted octanol–water partition coefficient (Wildman–Crippen LogP) is 4.41. The molecule has 2 amide bonds. The Morgan fingerprint density at radius 3 is 2.22 bits per heavy atom. The van der Waals surface area contributed by atoms with Crippen molar-refractivity contribution in [2.24, 2.45) is 0 Å². The standard InChI is InChI=1S/C34H36FN5O4S/c35-24-20-28-30(36-21-24)39(27-15-17-45-18-16-27)34(44)40(33(28)43)26-13-11-25(12-14-26)37-32(42)29(19-22-7-3-1-4-8-22)38-31(41)23-9-5-2-6-10-23/h1-10,20-21,25-27,29H,11-19H2,(H,37,42)(H,38,41)/t25?,26?,29-/m0/s1. The van der Waals surface area contributed by atoms with Gasteiger partial charge in [0.25, 0.3) is 11.5 Å². The van der Waals surface area contributed by atoms with Gasteiger partial charge in [-0.2, -0.15) is 11.8 Å². The summed E-state index contributed by atoms with van der Waals surface area (Å²) >= 11 is 1.83. The molecule has 4 aromatic rings. The molecule has 2 aliphatic rings. The van der Waals surface area contributed by atoms with Gasteiger partial charge in [-0.05, 0) is 73.8 Å². The predicted molar refractivity (Wildman–Crippen MR) is 173 cm³/mol. The van der Waals surface area contributed by atoms with Gasteiger partial charge < -0.3 is 10.6 Å². The molecule has 2 N–H and O–H groups in total. The average molecular weight is 630 g/mol. The first-order valence-corrected chi connectivity index (χ1v) is 16.6. The third kappa shape index (κ3) is 6.88. The molecule has 0 spiro atoms. The van der Waals surface area contributed by atoms with Crippen LogP contribution in [0.4, 0.5) is 4.39 Å². The Balaban J connectivity index is 1.19. The summed E-state index contributed by atoms with van der Waals surface area (Å²) in [5, 5.41) is 6.12. The minimum absolute atomic E-state index is 0.102. The first-order chi connectivity index (χ1) is 21.9. The van der Waals surface area contributed by atoms with Gasteiger partial charge in [0.2, 0.25) is 5.91 Å². The molecule has 6 rings (SSSR count). The molecule has 0 unspecified atom stereocenters. The van der Waals surface area contributed by atoms with E-state index in [1.54, 1.807) is 28.8 Å². The lowest BCUT2D eigenvalue weighted by Gasteiger charge is -2.32. The number of thioether (sulfide) groups is 1. The van der Waals surface area contributed by atoms with E-state index in [2.05, 4.69) is 15.6 Å². The van der Waals surface area contributed by atoms with Crippen molar-refractivity contribution < 1.29 is 14.0 Å². The van der Waals surface area contributed by atoms with Crippen LogP contribution in [0.1, 0.15) is 66.5 Å². The molecule has 45 heavy (non-hydrogen) atoms. The van der Waals surface area contributed by atoms with E-state index in [4.69, 9.17) is 0 Å². The maximum Gasteiger partial charge on any atom is 0.333 e. The number of nitrogens with zero attached hydrogens (tertiary/aromatic N) is 3. The fraction of sp³-hybridized carbons (Fsp3) is 0.382. The first-order valence-electron chi connectivity index (χ1n) is 15.5. The number of amides is 2. The molecule has 234 valence electrons. The van der Waals surface area contributed by atoms with Gasteiger partial charge in [-0.25, -0.2) is 14.2 Å². The Morgan fingerprint density at radius 2 is 1.53 bits per heavy atom. The van der Waals surface area contributed by atoms with Crippen molar-refractivity contribution in [3.63, 3.8) is 0 Å². The average Bonchev–Trinajstić information content (AvgIpc) is 3.07. The third-order valence-electron chi connectivity index (χ3n) is 8.83. The third-order valence-corrected chi connectivity index (χ3v) is 9.88. The fourth-order valence-electron chi connectivity index (χ4n) is 6.47. The number of halogens is 1. The van der Waals surface area contributed by atoms with Gasteiger partial charge in [0.15, 0.2) is 0 Å². The summed E-state index contributed by atoms with van der Waals surface area (Å²) in [7, 11) is 0. The Hall–Kier alpha value is -4.25. The zero-order chi connectivity index (χ0) is 31.3. The summed E-state index contributed by atoms with van der Waals surface area (Å²) in [6.07, 6.45) is 5.03. The second-order valence-electron chi connectivity index (χ2n) is 11.8. The van der Waals surface area contributed by atoms with Crippen molar-refractivity contribution in [3.8, 4) is 0 Å². The van der Waals surface area contributed by atoms with Gasteiger partial charge in [-0.1, -0.05) is 48.5 Å². The summed E-state index contributed by atoms with van der Waals surface area (Å²) in [6.45, 7) is 0. The molecule has 0 bridgehead atoms. The van der Waals surface area contributed by atoms with Crippen LogP contribution >= 0.6 is 11.8 Å². The molecule has 1 saturated heterocycles. The fourth-order valence-corrected chi connectivity index (χ4v) is 7.55. The van der Waals surface area contributed by atoms with Crippen LogP contribution in [0.25, 0.3) is 11.0 Å². The van der Waals surface area contributed by atoms with Crippen molar-refractivity contribution in [2.45, 2.75) is 69.1 Å². The number of hydrogen-bond donors (Lipinski definition) is 2. The highest BCUT2D eigenvalue weighted by Gasteiger charge is 2.31. The van der Waals surface area contributed by atoms with Gasteiger partial charge >= 0.3 is 5.69 Å².